The predicted molar refractivity (Wildman–Crippen MR) is 87.6 cm³/mol. The number of rotatable bonds is 5. The van der Waals surface area contributed by atoms with E-state index < -0.39 is 5.97 Å². The van der Waals surface area contributed by atoms with Crippen molar-refractivity contribution in [2.75, 3.05) is 0 Å². The molecular formula is C17H17ClN2O4. The van der Waals surface area contributed by atoms with E-state index in [0.717, 1.165) is 5.56 Å². The molecule has 1 saturated carbocycles. The standard InChI is InChI=1S/C17H17ClN2O4/c18-12-4-1-10(2-5-12)16-20-14(9-24-16)8-15(21)19-13-6-3-11(7-13)17(22)23/h1-2,4-5,9,11,13H,3,6-8H2,(H,19,21)(H,22,23)/t11-,13+/m1/s1. The van der Waals surface area contributed by atoms with E-state index in [0.29, 0.717) is 35.9 Å². The van der Waals surface area contributed by atoms with Crippen LogP contribution in [0.1, 0.15) is 25.0 Å². The molecule has 1 aromatic heterocycles. The van der Waals surface area contributed by atoms with E-state index in [2.05, 4.69) is 10.3 Å². The van der Waals surface area contributed by atoms with Gasteiger partial charge in [0.05, 0.1) is 18.0 Å². The van der Waals surface area contributed by atoms with Gasteiger partial charge in [-0.15, -0.1) is 0 Å². The number of nitrogens with one attached hydrogen (secondary N) is 1. The fourth-order valence-electron chi connectivity index (χ4n) is 2.89. The van der Waals surface area contributed by atoms with Gasteiger partial charge in [-0.2, -0.15) is 0 Å². The van der Waals surface area contributed by atoms with Gasteiger partial charge in [0.1, 0.15) is 6.26 Å². The topological polar surface area (TPSA) is 92.4 Å². The van der Waals surface area contributed by atoms with Crippen LogP contribution < -0.4 is 5.32 Å². The summed E-state index contributed by atoms with van der Waals surface area (Å²) in [6, 6.07) is 6.99. The molecule has 0 unspecified atom stereocenters. The number of aromatic nitrogens is 1. The maximum atomic E-state index is 12.1. The minimum atomic E-state index is -0.796. The van der Waals surface area contributed by atoms with Gasteiger partial charge in [-0.25, -0.2) is 4.98 Å². The summed E-state index contributed by atoms with van der Waals surface area (Å²) in [4.78, 5) is 27.3. The second-order valence-corrected chi connectivity index (χ2v) is 6.38. The fourth-order valence-corrected chi connectivity index (χ4v) is 3.02. The number of benzene rings is 1. The Kier molecular flexibility index (Phi) is 4.85. The number of carboxylic acid groups (broad SMARTS) is 1. The first-order chi connectivity index (χ1) is 11.5. The van der Waals surface area contributed by atoms with Gasteiger partial charge < -0.3 is 14.8 Å². The number of hydrogen-bond donors (Lipinski definition) is 2. The zero-order chi connectivity index (χ0) is 17.1. The average molecular weight is 349 g/mol. The molecule has 0 spiro atoms. The van der Waals surface area contributed by atoms with Gasteiger partial charge in [0.25, 0.3) is 0 Å². The first-order valence-electron chi connectivity index (χ1n) is 7.74. The van der Waals surface area contributed by atoms with Gasteiger partial charge in [-0.05, 0) is 43.5 Å². The smallest absolute Gasteiger partial charge is 0.306 e. The fraction of sp³-hybridized carbons (Fsp3) is 0.353. The van der Waals surface area contributed by atoms with Crippen molar-refractivity contribution < 1.29 is 19.1 Å². The summed E-state index contributed by atoms with van der Waals surface area (Å²) in [6.45, 7) is 0. The normalized spacial score (nSPS) is 20.0. The molecule has 1 aliphatic carbocycles. The molecule has 1 fully saturated rings. The third-order valence-corrected chi connectivity index (χ3v) is 4.38. The van der Waals surface area contributed by atoms with Crippen LogP contribution in [0.25, 0.3) is 11.5 Å². The maximum absolute atomic E-state index is 12.1. The first kappa shape index (κ1) is 16.5. The molecule has 0 saturated heterocycles. The number of carboxylic acids is 1. The quantitative estimate of drug-likeness (QED) is 0.866. The third kappa shape index (κ3) is 3.94. The summed E-state index contributed by atoms with van der Waals surface area (Å²) in [5.41, 5.74) is 1.32. The summed E-state index contributed by atoms with van der Waals surface area (Å²) >= 11 is 5.84. The number of carbonyl (C=O) groups is 2. The van der Waals surface area contributed by atoms with Gasteiger partial charge >= 0.3 is 5.97 Å². The van der Waals surface area contributed by atoms with Crippen LogP contribution in [0.2, 0.25) is 5.02 Å². The van der Waals surface area contributed by atoms with E-state index in [1.807, 2.05) is 0 Å². The minimum absolute atomic E-state index is 0.0822. The summed E-state index contributed by atoms with van der Waals surface area (Å²) in [7, 11) is 0. The van der Waals surface area contributed by atoms with Crippen LogP contribution >= 0.6 is 11.6 Å². The van der Waals surface area contributed by atoms with E-state index in [1.54, 1.807) is 24.3 Å². The summed E-state index contributed by atoms with van der Waals surface area (Å²) < 4.78 is 5.40. The number of nitrogens with zero attached hydrogens (tertiary/aromatic N) is 1. The zero-order valence-electron chi connectivity index (χ0n) is 12.9. The molecule has 0 radical (unpaired) electrons. The molecule has 2 aromatic rings. The number of oxazole rings is 1. The predicted octanol–water partition coefficient (Wildman–Crippen LogP) is 2.91. The Hall–Kier alpha value is -2.34. The molecule has 126 valence electrons. The highest BCUT2D eigenvalue weighted by Crippen LogP contribution is 2.26. The molecule has 6 nitrogen and oxygen atoms in total. The lowest BCUT2D eigenvalue weighted by Gasteiger charge is -2.11. The Labute approximate surface area is 143 Å². The van der Waals surface area contributed by atoms with E-state index in [1.165, 1.54) is 6.26 Å². The monoisotopic (exact) mass is 348 g/mol. The second-order valence-electron chi connectivity index (χ2n) is 5.94. The van der Waals surface area contributed by atoms with Crippen molar-refractivity contribution in [3.63, 3.8) is 0 Å². The molecule has 3 rings (SSSR count). The Morgan fingerprint density at radius 3 is 2.71 bits per heavy atom. The SMILES string of the molecule is O=C(Cc1coc(-c2ccc(Cl)cc2)n1)N[C@H]1CC[C@@H](C(=O)O)C1. The van der Waals surface area contributed by atoms with E-state index in [9.17, 15) is 9.59 Å². The number of hydrogen-bond acceptors (Lipinski definition) is 4. The van der Waals surface area contributed by atoms with Crippen molar-refractivity contribution in [1.82, 2.24) is 10.3 Å². The van der Waals surface area contributed by atoms with Crippen LogP contribution in [0.5, 0.6) is 0 Å². The molecule has 2 N–H and O–H groups in total. The van der Waals surface area contributed by atoms with Crippen LogP contribution in [0.3, 0.4) is 0 Å². The zero-order valence-corrected chi connectivity index (χ0v) is 13.6. The maximum Gasteiger partial charge on any atom is 0.306 e. The summed E-state index contributed by atoms with van der Waals surface area (Å²) in [5, 5.41) is 12.5. The Balaban J connectivity index is 1.56. The Morgan fingerprint density at radius 1 is 1.29 bits per heavy atom. The van der Waals surface area contributed by atoms with Gasteiger partial charge in [-0.1, -0.05) is 11.6 Å². The van der Waals surface area contributed by atoms with E-state index >= 15 is 0 Å². The van der Waals surface area contributed by atoms with E-state index in [-0.39, 0.29) is 24.3 Å². The molecule has 24 heavy (non-hydrogen) atoms. The van der Waals surface area contributed by atoms with Crippen LogP contribution in [0.15, 0.2) is 34.9 Å². The van der Waals surface area contributed by atoms with Crippen molar-refractivity contribution in [3.05, 3.63) is 41.2 Å². The molecule has 1 heterocycles. The van der Waals surface area contributed by atoms with E-state index in [4.69, 9.17) is 21.1 Å². The summed E-state index contributed by atoms with van der Waals surface area (Å²) in [6.07, 6.45) is 3.34. The highest BCUT2D eigenvalue weighted by Gasteiger charge is 2.30. The molecule has 0 aliphatic heterocycles. The molecule has 1 amide bonds. The first-order valence-corrected chi connectivity index (χ1v) is 8.11. The van der Waals surface area contributed by atoms with Crippen molar-refractivity contribution in [2.24, 2.45) is 5.92 Å². The lowest BCUT2D eigenvalue weighted by atomic mass is 10.1. The average Bonchev–Trinajstić information content (AvgIpc) is 3.17. The lowest BCUT2D eigenvalue weighted by Crippen LogP contribution is -2.34. The van der Waals surface area contributed by atoms with Gasteiger partial charge in [-0.3, -0.25) is 9.59 Å². The molecule has 1 aliphatic rings. The van der Waals surface area contributed by atoms with Crippen LogP contribution in [-0.4, -0.2) is 28.0 Å². The molecule has 2 atom stereocenters. The second kappa shape index (κ2) is 7.05. The molecular weight excluding hydrogens is 332 g/mol. The summed E-state index contributed by atoms with van der Waals surface area (Å²) in [5.74, 6) is -0.905. The van der Waals surface area contributed by atoms with Gasteiger partial charge in [0.2, 0.25) is 11.8 Å². The number of halogens is 1. The molecule has 0 bridgehead atoms. The molecule has 1 aromatic carbocycles. The lowest BCUT2D eigenvalue weighted by molar-refractivity contribution is -0.141. The van der Waals surface area contributed by atoms with Crippen molar-refractivity contribution >= 4 is 23.5 Å². The van der Waals surface area contributed by atoms with Gasteiger partial charge in [0, 0.05) is 16.6 Å². The highest BCUT2D eigenvalue weighted by molar-refractivity contribution is 6.30. The largest absolute Gasteiger partial charge is 0.481 e. The van der Waals surface area contributed by atoms with Crippen LogP contribution in [0.4, 0.5) is 0 Å². The number of carbonyl (C=O) groups excluding carboxylic acids is 1. The Bertz CT molecular complexity index is 741. The van der Waals surface area contributed by atoms with Crippen LogP contribution in [-0.2, 0) is 16.0 Å². The van der Waals surface area contributed by atoms with Gasteiger partial charge in [0.15, 0.2) is 0 Å². The Morgan fingerprint density at radius 2 is 2.04 bits per heavy atom. The molecule has 7 heteroatoms. The highest BCUT2D eigenvalue weighted by atomic mass is 35.5. The van der Waals surface area contributed by atoms with Crippen LogP contribution in [0, 0.1) is 5.92 Å². The number of amides is 1. The number of aliphatic carboxylic acids is 1. The van der Waals surface area contributed by atoms with Crippen molar-refractivity contribution in [1.29, 1.82) is 0 Å². The third-order valence-electron chi connectivity index (χ3n) is 4.13. The van der Waals surface area contributed by atoms with Crippen molar-refractivity contribution in [2.45, 2.75) is 31.7 Å². The van der Waals surface area contributed by atoms with Crippen molar-refractivity contribution in [3.8, 4) is 11.5 Å². The minimum Gasteiger partial charge on any atom is -0.481 e.